The van der Waals surface area contributed by atoms with Gasteiger partial charge in [-0.15, -0.1) is 0 Å². The van der Waals surface area contributed by atoms with E-state index in [0.29, 0.717) is 5.92 Å². The molecule has 0 saturated heterocycles. The monoisotopic (exact) mass is 410 g/mol. The minimum absolute atomic E-state index is 0.440. The van der Waals surface area contributed by atoms with Crippen molar-refractivity contribution in [1.82, 2.24) is 0 Å². The van der Waals surface area contributed by atoms with E-state index >= 15 is 0 Å². The highest BCUT2D eigenvalue weighted by atomic mass is 16.3. The Hall–Kier alpha value is -0.0400. The van der Waals surface area contributed by atoms with E-state index in [1.54, 1.807) is 0 Å². The van der Waals surface area contributed by atoms with Gasteiger partial charge in [0.25, 0.3) is 0 Å². The maximum absolute atomic E-state index is 10.8. The predicted molar refractivity (Wildman–Crippen MR) is 133 cm³/mol. The number of aliphatic hydroxyl groups is 1. The highest BCUT2D eigenvalue weighted by Crippen LogP contribution is 2.28. The smallest absolute Gasteiger partial charge is 0.0645 e. The first kappa shape index (κ1) is 29.0. The molecule has 0 spiro atoms. The van der Waals surface area contributed by atoms with Crippen LogP contribution in [-0.4, -0.2) is 10.7 Å². The quantitative estimate of drug-likeness (QED) is 0.166. The van der Waals surface area contributed by atoms with E-state index in [1.165, 1.54) is 135 Å². The molecule has 0 saturated carbocycles. The molecular formula is C28H58O. The van der Waals surface area contributed by atoms with E-state index in [-0.39, 0.29) is 0 Å². The fraction of sp³-hybridized carbons (Fsp3) is 1.00. The average molecular weight is 411 g/mol. The molecule has 2 atom stereocenters. The van der Waals surface area contributed by atoms with E-state index in [9.17, 15) is 5.11 Å². The molecule has 0 aliphatic rings. The maximum atomic E-state index is 10.8. The molecule has 1 N–H and O–H groups in total. The van der Waals surface area contributed by atoms with E-state index < -0.39 is 5.60 Å². The lowest BCUT2D eigenvalue weighted by molar-refractivity contribution is -0.00804. The Bertz CT molecular complexity index is 309. The molecular weight excluding hydrogens is 352 g/mol. The third-order valence-electron chi connectivity index (χ3n) is 7.09. The van der Waals surface area contributed by atoms with Gasteiger partial charge in [0.15, 0.2) is 0 Å². The molecule has 176 valence electrons. The molecule has 29 heavy (non-hydrogen) atoms. The van der Waals surface area contributed by atoms with Gasteiger partial charge in [-0.1, -0.05) is 149 Å². The maximum Gasteiger partial charge on any atom is 0.0645 e. The fourth-order valence-electron chi connectivity index (χ4n) is 4.47. The second-order valence-corrected chi connectivity index (χ2v) is 10.2. The molecule has 0 rings (SSSR count). The van der Waals surface area contributed by atoms with Crippen LogP contribution >= 0.6 is 0 Å². The second kappa shape index (κ2) is 21.2. The normalized spacial score (nSPS) is 14.8. The lowest BCUT2D eigenvalue weighted by atomic mass is 9.82. The van der Waals surface area contributed by atoms with Crippen molar-refractivity contribution in [2.75, 3.05) is 0 Å². The summed E-state index contributed by atoms with van der Waals surface area (Å²) < 4.78 is 0. The summed E-state index contributed by atoms with van der Waals surface area (Å²) in [4.78, 5) is 0. The van der Waals surface area contributed by atoms with E-state index in [4.69, 9.17) is 0 Å². The van der Waals surface area contributed by atoms with Crippen molar-refractivity contribution in [2.45, 2.75) is 175 Å². The SMILES string of the molecule is CCCCCCCCCCCCCCC(C)(O)C(C)CCCCCCCCCC. The summed E-state index contributed by atoms with van der Waals surface area (Å²) in [5.41, 5.74) is -0.459. The zero-order valence-corrected chi connectivity index (χ0v) is 21.1. The first-order chi connectivity index (χ1) is 14.0. The first-order valence-corrected chi connectivity index (χ1v) is 13.8. The topological polar surface area (TPSA) is 20.2 Å². The van der Waals surface area contributed by atoms with Crippen LogP contribution in [0.25, 0.3) is 0 Å². The number of rotatable bonds is 23. The lowest BCUT2D eigenvalue weighted by Gasteiger charge is -2.30. The van der Waals surface area contributed by atoms with Gasteiger partial charge in [0.2, 0.25) is 0 Å². The molecule has 0 aromatic carbocycles. The first-order valence-electron chi connectivity index (χ1n) is 13.8. The van der Waals surface area contributed by atoms with Gasteiger partial charge < -0.3 is 5.11 Å². The summed E-state index contributed by atoms with van der Waals surface area (Å²) in [5, 5.41) is 10.8. The van der Waals surface area contributed by atoms with Crippen molar-refractivity contribution < 1.29 is 5.11 Å². The van der Waals surface area contributed by atoms with Crippen molar-refractivity contribution >= 4 is 0 Å². The van der Waals surface area contributed by atoms with Crippen molar-refractivity contribution in [3.8, 4) is 0 Å². The van der Waals surface area contributed by atoms with Crippen LogP contribution < -0.4 is 0 Å². The van der Waals surface area contributed by atoms with Crippen LogP contribution in [0.5, 0.6) is 0 Å². The van der Waals surface area contributed by atoms with Crippen LogP contribution in [0.4, 0.5) is 0 Å². The van der Waals surface area contributed by atoms with Gasteiger partial charge in [-0.2, -0.15) is 0 Å². The van der Waals surface area contributed by atoms with Gasteiger partial charge in [0, 0.05) is 0 Å². The highest BCUT2D eigenvalue weighted by molar-refractivity contribution is 4.79. The van der Waals surface area contributed by atoms with Crippen molar-refractivity contribution in [3.63, 3.8) is 0 Å². The van der Waals surface area contributed by atoms with Crippen LogP contribution in [-0.2, 0) is 0 Å². The summed E-state index contributed by atoms with van der Waals surface area (Å²) in [7, 11) is 0. The third kappa shape index (κ3) is 19.7. The van der Waals surface area contributed by atoms with E-state index in [0.717, 1.165) is 6.42 Å². The lowest BCUT2D eigenvalue weighted by Crippen LogP contribution is -2.32. The van der Waals surface area contributed by atoms with Gasteiger partial charge >= 0.3 is 0 Å². The van der Waals surface area contributed by atoms with Crippen LogP contribution in [0.15, 0.2) is 0 Å². The average Bonchev–Trinajstić information content (AvgIpc) is 2.70. The van der Waals surface area contributed by atoms with E-state index in [2.05, 4.69) is 27.7 Å². The Morgan fingerprint density at radius 1 is 0.517 bits per heavy atom. The Morgan fingerprint density at radius 3 is 1.21 bits per heavy atom. The minimum Gasteiger partial charge on any atom is -0.390 e. The summed E-state index contributed by atoms with van der Waals surface area (Å²) in [6, 6.07) is 0. The summed E-state index contributed by atoms with van der Waals surface area (Å²) in [5.74, 6) is 0.440. The zero-order chi connectivity index (χ0) is 21.6. The second-order valence-electron chi connectivity index (χ2n) is 10.2. The summed E-state index contributed by atoms with van der Waals surface area (Å²) in [6.45, 7) is 8.92. The molecule has 0 bridgehead atoms. The van der Waals surface area contributed by atoms with Gasteiger partial charge in [-0.25, -0.2) is 0 Å². The largest absolute Gasteiger partial charge is 0.390 e. The van der Waals surface area contributed by atoms with Crippen molar-refractivity contribution in [3.05, 3.63) is 0 Å². The molecule has 0 amide bonds. The van der Waals surface area contributed by atoms with Crippen molar-refractivity contribution in [2.24, 2.45) is 5.92 Å². The Kier molecular flexibility index (Phi) is 21.2. The van der Waals surface area contributed by atoms with Gasteiger partial charge in [-0.3, -0.25) is 0 Å². The van der Waals surface area contributed by atoms with Crippen LogP contribution in [0.1, 0.15) is 169 Å². The molecule has 0 fully saturated rings. The Morgan fingerprint density at radius 2 is 0.828 bits per heavy atom. The van der Waals surface area contributed by atoms with Gasteiger partial charge in [0.1, 0.15) is 0 Å². The fourth-order valence-corrected chi connectivity index (χ4v) is 4.47. The minimum atomic E-state index is -0.459. The summed E-state index contributed by atoms with van der Waals surface area (Å²) in [6.07, 6.45) is 29.8. The van der Waals surface area contributed by atoms with Crippen LogP contribution in [0, 0.1) is 5.92 Å². The number of unbranched alkanes of at least 4 members (excludes halogenated alkanes) is 18. The standard InChI is InChI=1S/C28H58O/c1-5-7-9-11-13-15-16-17-18-20-22-24-26-28(4,29)27(3)25-23-21-19-14-12-10-8-6-2/h27,29H,5-26H2,1-4H3. The molecule has 0 heterocycles. The van der Waals surface area contributed by atoms with Crippen LogP contribution in [0.2, 0.25) is 0 Å². The molecule has 0 aliphatic carbocycles. The molecule has 0 aromatic heterocycles. The van der Waals surface area contributed by atoms with Gasteiger partial charge in [-0.05, 0) is 25.7 Å². The predicted octanol–water partition coefficient (Wildman–Crippen LogP) is 10.00. The third-order valence-corrected chi connectivity index (χ3v) is 7.09. The number of hydrogen-bond acceptors (Lipinski definition) is 1. The molecule has 1 nitrogen and oxygen atoms in total. The highest BCUT2D eigenvalue weighted by Gasteiger charge is 2.26. The van der Waals surface area contributed by atoms with Crippen LogP contribution in [0.3, 0.4) is 0 Å². The number of hydrogen-bond donors (Lipinski definition) is 1. The van der Waals surface area contributed by atoms with Gasteiger partial charge in [0.05, 0.1) is 5.60 Å². The Balaban J connectivity index is 3.47. The van der Waals surface area contributed by atoms with E-state index in [1.807, 2.05) is 0 Å². The molecule has 2 unspecified atom stereocenters. The van der Waals surface area contributed by atoms with Crippen molar-refractivity contribution in [1.29, 1.82) is 0 Å². The molecule has 0 aliphatic heterocycles. The molecule has 0 radical (unpaired) electrons. The molecule has 1 heteroatoms. The molecule has 0 aromatic rings. The Labute approximate surface area is 185 Å². The summed E-state index contributed by atoms with van der Waals surface area (Å²) >= 11 is 0. The zero-order valence-electron chi connectivity index (χ0n) is 21.1.